The van der Waals surface area contributed by atoms with Gasteiger partial charge in [-0.05, 0) is 24.1 Å². The van der Waals surface area contributed by atoms with Gasteiger partial charge < -0.3 is 19.5 Å². The first-order chi connectivity index (χ1) is 14.7. The van der Waals surface area contributed by atoms with Crippen LogP contribution in [0.4, 0.5) is 5.82 Å². The maximum absolute atomic E-state index is 12.4. The van der Waals surface area contributed by atoms with Crippen LogP contribution in [0.5, 0.6) is 0 Å². The van der Waals surface area contributed by atoms with Crippen LogP contribution in [0.15, 0.2) is 49.2 Å². The van der Waals surface area contributed by atoms with E-state index >= 15 is 0 Å². The molecule has 3 aromatic rings. The molecule has 1 aliphatic heterocycles. The van der Waals surface area contributed by atoms with Crippen LogP contribution in [0.2, 0.25) is 0 Å². The third-order valence-corrected chi connectivity index (χ3v) is 5.19. The summed E-state index contributed by atoms with van der Waals surface area (Å²) in [4.78, 5) is 18.3. The molecule has 1 fully saturated rings. The zero-order valence-corrected chi connectivity index (χ0v) is 16.7. The van der Waals surface area contributed by atoms with Gasteiger partial charge in [0.1, 0.15) is 6.33 Å². The summed E-state index contributed by atoms with van der Waals surface area (Å²) in [7, 11) is 1.67. The number of nitriles is 1. The molecule has 30 heavy (non-hydrogen) atoms. The van der Waals surface area contributed by atoms with E-state index in [1.807, 2.05) is 45.9 Å². The summed E-state index contributed by atoms with van der Waals surface area (Å²) in [5.74, 6) is 0.219. The topological polar surface area (TPSA) is 101 Å². The fraction of sp³-hybridized carbons (Fsp3) is 0.333. The molecule has 1 saturated heterocycles. The molecule has 0 saturated carbocycles. The second-order valence-corrected chi connectivity index (χ2v) is 7.22. The summed E-state index contributed by atoms with van der Waals surface area (Å²) in [5, 5.41) is 16.1. The molecule has 0 radical (unpaired) electrons. The Morgan fingerprint density at radius 1 is 1.30 bits per heavy atom. The van der Waals surface area contributed by atoms with E-state index in [1.165, 1.54) is 0 Å². The molecule has 1 aliphatic rings. The van der Waals surface area contributed by atoms with Gasteiger partial charge in [-0.2, -0.15) is 10.4 Å². The SMILES string of the molecule is COCCn1cc(-c2ccc(-n3cnc(NC(=O)[C@H]4CCN(C#N)C4)c3)cc2)cn1. The largest absolute Gasteiger partial charge is 0.383 e. The lowest BCUT2D eigenvalue weighted by atomic mass is 10.1. The third-order valence-electron chi connectivity index (χ3n) is 5.19. The van der Waals surface area contributed by atoms with Crippen molar-refractivity contribution < 1.29 is 9.53 Å². The number of hydrogen-bond acceptors (Lipinski definition) is 6. The highest BCUT2D eigenvalue weighted by Gasteiger charge is 2.28. The van der Waals surface area contributed by atoms with Crippen LogP contribution in [0.25, 0.3) is 16.8 Å². The van der Waals surface area contributed by atoms with E-state index in [-0.39, 0.29) is 11.8 Å². The van der Waals surface area contributed by atoms with Crippen LogP contribution in [-0.2, 0) is 16.1 Å². The van der Waals surface area contributed by atoms with Gasteiger partial charge >= 0.3 is 0 Å². The fourth-order valence-electron chi connectivity index (χ4n) is 3.47. The summed E-state index contributed by atoms with van der Waals surface area (Å²) >= 11 is 0. The van der Waals surface area contributed by atoms with Crippen LogP contribution >= 0.6 is 0 Å². The minimum absolute atomic E-state index is 0.0983. The predicted molar refractivity (Wildman–Crippen MR) is 111 cm³/mol. The Morgan fingerprint density at radius 3 is 2.87 bits per heavy atom. The summed E-state index contributed by atoms with van der Waals surface area (Å²) in [6.45, 7) is 2.43. The summed E-state index contributed by atoms with van der Waals surface area (Å²) < 4.78 is 8.80. The molecular weight excluding hydrogens is 382 g/mol. The normalized spacial score (nSPS) is 15.9. The van der Waals surface area contributed by atoms with Gasteiger partial charge in [0.15, 0.2) is 12.0 Å². The van der Waals surface area contributed by atoms with Crippen LogP contribution in [0, 0.1) is 17.4 Å². The number of hydrogen-bond donors (Lipinski definition) is 1. The molecule has 9 nitrogen and oxygen atoms in total. The lowest BCUT2D eigenvalue weighted by Crippen LogP contribution is -2.25. The predicted octanol–water partition coefficient (Wildman–Crippen LogP) is 2.12. The van der Waals surface area contributed by atoms with Crippen molar-refractivity contribution in [2.24, 2.45) is 5.92 Å². The van der Waals surface area contributed by atoms with Gasteiger partial charge in [-0.3, -0.25) is 9.48 Å². The lowest BCUT2D eigenvalue weighted by Gasteiger charge is -2.09. The van der Waals surface area contributed by atoms with E-state index in [4.69, 9.17) is 10.00 Å². The number of rotatable bonds is 7. The number of methoxy groups -OCH3 is 1. The van der Waals surface area contributed by atoms with Crippen molar-refractivity contribution in [3.63, 3.8) is 0 Å². The van der Waals surface area contributed by atoms with E-state index in [2.05, 4.69) is 21.6 Å². The quantitative estimate of drug-likeness (QED) is 0.604. The van der Waals surface area contributed by atoms with Gasteiger partial charge in [-0.15, -0.1) is 0 Å². The van der Waals surface area contributed by atoms with E-state index < -0.39 is 0 Å². The minimum Gasteiger partial charge on any atom is -0.383 e. The molecule has 1 amide bonds. The standard InChI is InChI=1S/C21H23N7O2/c1-30-9-8-28-12-18(10-24-28)16-2-4-19(5-3-16)27-13-20(23-15-27)25-21(29)17-6-7-26(11-17)14-22/h2-5,10,12-13,15,17H,6-9,11H2,1H3,(H,25,29)/t17-/m0/s1. The summed E-state index contributed by atoms with van der Waals surface area (Å²) in [5.41, 5.74) is 3.05. The molecule has 154 valence electrons. The highest BCUT2D eigenvalue weighted by atomic mass is 16.5. The molecule has 1 atom stereocenters. The van der Waals surface area contributed by atoms with Crippen LogP contribution in [0.1, 0.15) is 6.42 Å². The zero-order chi connectivity index (χ0) is 20.9. The minimum atomic E-state index is -0.182. The Bertz CT molecular complexity index is 1050. The van der Waals surface area contributed by atoms with E-state index in [1.54, 1.807) is 24.5 Å². The van der Waals surface area contributed by atoms with E-state index in [0.29, 0.717) is 38.5 Å². The molecule has 0 aliphatic carbocycles. The van der Waals surface area contributed by atoms with Crippen molar-refractivity contribution in [3.05, 3.63) is 49.2 Å². The van der Waals surface area contributed by atoms with Crippen molar-refractivity contribution in [2.45, 2.75) is 13.0 Å². The van der Waals surface area contributed by atoms with Gasteiger partial charge in [-0.1, -0.05) is 12.1 Å². The molecule has 0 bridgehead atoms. The van der Waals surface area contributed by atoms with E-state index in [0.717, 1.165) is 16.8 Å². The van der Waals surface area contributed by atoms with Crippen molar-refractivity contribution >= 4 is 11.7 Å². The maximum Gasteiger partial charge on any atom is 0.230 e. The molecule has 1 N–H and O–H groups in total. The molecular formula is C21H23N7O2. The number of likely N-dealkylation sites (tertiary alicyclic amines) is 1. The Morgan fingerprint density at radius 2 is 2.13 bits per heavy atom. The highest BCUT2D eigenvalue weighted by Crippen LogP contribution is 2.22. The van der Waals surface area contributed by atoms with Gasteiger partial charge in [0.25, 0.3) is 0 Å². The number of carbonyl (C=O) groups is 1. The summed E-state index contributed by atoms with van der Waals surface area (Å²) in [6, 6.07) is 8.05. The number of aromatic nitrogens is 4. The van der Waals surface area contributed by atoms with Crippen LogP contribution in [0.3, 0.4) is 0 Å². The van der Waals surface area contributed by atoms with Gasteiger partial charge in [0.2, 0.25) is 5.91 Å². The second-order valence-electron chi connectivity index (χ2n) is 7.22. The fourth-order valence-corrected chi connectivity index (χ4v) is 3.47. The van der Waals surface area contributed by atoms with Crippen molar-refractivity contribution in [2.75, 3.05) is 32.1 Å². The Balaban J connectivity index is 1.39. The van der Waals surface area contributed by atoms with Crippen molar-refractivity contribution in [1.82, 2.24) is 24.2 Å². The number of anilines is 1. The number of imidazole rings is 1. The second kappa shape index (κ2) is 8.80. The van der Waals surface area contributed by atoms with Gasteiger partial charge in [0, 0.05) is 37.6 Å². The number of amides is 1. The number of ether oxygens (including phenoxy) is 1. The maximum atomic E-state index is 12.4. The number of benzene rings is 1. The van der Waals surface area contributed by atoms with Crippen LogP contribution < -0.4 is 5.32 Å². The van der Waals surface area contributed by atoms with Gasteiger partial charge in [-0.25, -0.2) is 4.98 Å². The Labute approximate surface area is 174 Å². The zero-order valence-electron chi connectivity index (χ0n) is 16.7. The third kappa shape index (κ3) is 4.34. The first-order valence-electron chi connectivity index (χ1n) is 9.78. The lowest BCUT2D eigenvalue weighted by molar-refractivity contribution is -0.119. The Kier molecular flexibility index (Phi) is 5.77. The van der Waals surface area contributed by atoms with E-state index in [9.17, 15) is 4.79 Å². The monoisotopic (exact) mass is 405 g/mol. The highest BCUT2D eigenvalue weighted by molar-refractivity contribution is 5.92. The van der Waals surface area contributed by atoms with Crippen molar-refractivity contribution in [3.8, 4) is 23.0 Å². The van der Waals surface area contributed by atoms with Crippen molar-refractivity contribution in [1.29, 1.82) is 5.26 Å². The average Bonchev–Trinajstić information content (AvgIpc) is 3.53. The molecule has 0 unspecified atom stereocenters. The molecule has 1 aromatic carbocycles. The molecule has 3 heterocycles. The first-order valence-corrected chi connectivity index (χ1v) is 9.78. The summed E-state index contributed by atoms with van der Waals surface area (Å²) in [6.07, 6.45) is 10.1. The molecule has 0 spiro atoms. The number of nitrogens with one attached hydrogen (secondary N) is 1. The smallest absolute Gasteiger partial charge is 0.230 e. The number of nitrogens with zero attached hydrogens (tertiary/aromatic N) is 6. The molecule has 2 aromatic heterocycles. The number of carbonyl (C=O) groups excluding carboxylic acids is 1. The molecule has 4 rings (SSSR count). The van der Waals surface area contributed by atoms with Gasteiger partial charge in [0.05, 0.1) is 31.5 Å². The van der Waals surface area contributed by atoms with Crippen LogP contribution in [-0.4, -0.2) is 56.9 Å². The molecule has 9 heteroatoms. The average molecular weight is 405 g/mol. The first kappa shape index (κ1) is 19.7. The Hall–Kier alpha value is -3.64.